The molecule has 0 aliphatic heterocycles. The molecule has 1 heterocycles. The highest BCUT2D eigenvalue weighted by Gasteiger charge is 2.22. The molecular weight excluding hydrogens is 324 g/mol. The summed E-state index contributed by atoms with van der Waals surface area (Å²) in [6.45, 7) is 9.55. The zero-order valence-corrected chi connectivity index (χ0v) is 16.6. The molecule has 2 aromatic rings. The molecule has 1 aromatic heterocycles. The smallest absolute Gasteiger partial charge is 0.273 e. The summed E-state index contributed by atoms with van der Waals surface area (Å²) in [4.78, 5) is 26.0. The molecule has 0 radical (unpaired) electrons. The maximum absolute atomic E-state index is 13.1. The van der Waals surface area contributed by atoms with Crippen molar-refractivity contribution >= 4 is 11.7 Å². The van der Waals surface area contributed by atoms with Gasteiger partial charge in [0.2, 0.25) is 0 Å². The number of nitrogens with zero attached hydrogens (tertiary/aromatic N) is 4. The molecule has 2 rings (SSSR count). The van der Waals surface area contributed by atoms with Gasteiger partial charge in [0.25, 0.3) is 5.91 Å². The maximum atomic E-state index is 13.1. The highest BCUT2D eigenvalue weighted by Crippen LogP contribution is 2.17. The van der Waals surface area contributed by atoms with Crippen LogP contribution in [0.25, 0.3) is 0 Å². The second-order valence-electron chi connectivity index (χ2n) is 6.95. The molecule has 1 amide bonds. The Balaban J connectivity index is 2.26. The first kappa shape index (κ1) is 19.9. The Hall–Kier alpha value is -2.43. The summed E-state index contributed by atoms with van der Waals surface area (Å²) in [5.41, 5.74) is 1.57. The van der Waals surface area contributed by atoms with Gasteiger partial charge in [-0.05, 0) is 32.8 Å². The summed E-state index contributed by atoms with van der Waals surface area (Å²) in [7, 11) is 2.01. The first-order chi connectivity index (χ1) is 12.4. The van der Waals surface area contributed by atoms with Gasteiger partial charge in [0, 0.05) is 32.2 Å². The number of hydrogen-bond acceptors (Lipinski definition) is 4. The summed E-state index contributed by atoms with van der Waals surface area (Å²) in [6.07, 6.45) is 2.22. The van der Waals surface area contributed by atoms with E-state index in [2.05, 4.69) is 21.8 Å². The van der Waals surface area contributed by atoms with Crippen molar-refractivity contribution in [2.75, 3.05) is 18.5 Å². The molecule has 26 heavy (non-hydrogen) atoms. The highest BCUT2D eigenvalue weighted by molar-refractivity contribution is 5.93. The number of rotatable bonds is 8. The van der Waals surface area contributed by atoms with Gasteiger partial charge in [-0.3, -0.25) is 4.79 Å². The number of carbonyl (C=O) groups excluding carboxylic acids is 1. The number of carbonyl (C=O) groups is 1. The number of amides is 1. The summed E-state index contributed by atoms with van der Waals surface area (Å²) in [6, 6.07) is 11.9. The van der Waals surface area contributed by atoms with Crippen LogP contribution in [0, 0.1) is 6.92 Å². The molecule has 0 aliphatic carbocycles. The van der Waals surface area contributed by atoms with E-state index in [0.29, 0.717) is 18.1 Å². The van der Waals surface area contributed by atoms with Crippen LogP contribution < -0.4 is 4.90 Å². The number of aryl methyl sites for hydroxylation is 1. The Morgan fingerprint density at radius 1 is 1.15 bits per heavy atom. The van der Waals surface area contributed by atoms with Crippen molar-refractivity contribution in [1.29, 1.82) is 0 Å². The Morgan fingerprint density at radius 3 is 2.46 bits per heavy atom. The summed E-state index contributed by atoms with van der Waals surface area (Å²) in [5, 5.41) is 0. The van der Waals surface area contributed by atoms with Gasteiger partial charge in [-0.1, -0.05) is 43.7 Å². The maximum Gasteiger partial charge on any atom is 0.273 e. The van der Waals surface area contributed by atoms with Gasteiger partial charge in [0.1, 0.15) is 17.3 Å². The Kier molecular flexibility index (Phi) is 7.13. The van der Waals surface area contributed by atoms with Gasteiger partial charge in [-0.15, -0.1) is 0 Å². The van der Waals surface area contributed by atoms with Crippen molar-refractivity contribution in [2.24, 2.45) is 0 Å². The van der Waals surface area contributed by atoms with Crippen LogP contribution in [0.4, 0.5) is 5.82 Å². The lowest BCUT2D eigenvalue weighted by atomic mass is 10.1. The monoisotopic (exact) mass is 354 g/mol. The molecule has 0 atom stereocenters. The first-order valence-electron chi connectivity index (χ1n) is 9.34. The zero-order chi connectivity index (χ0) is 19.1. The summed E-state index contributed by atoms with van der Waals surface area (Å²) >= 11 is 0. The molecule has 0 bridgehead atoms. The molecule has 0 fully saturated rings. The second kappa shape index (κ2) is 9.32. The Morgan fingerprint density at radius 2 is 1.85 bits per heavy atom. The van der Waals surface area contributed by atoms with Crippen LogP contribution in [-0.4, -0.2) is 40.4 Å². The largest absolute Gasteiger partial charge is 0.360 e. The van der Waals surface area contributed by atoms with Crippen molar-refractivity contribution in [3.05, 3.63) is 53.5 Å². The average molecular weight is 354 g/mol. The minimum atomic E-state index is -0.0560. The normalized spacial score (nSPS) is 10.8. The molecule has 0 spiro atoms. The van der Waals surface area contributed by atoms with Gasteiger partial charge in [-0.2, -0.15) is 0 Å². The van der Waals surface area contributed by atoms with Crippen molar-refractivity contribution < 1.29 is 4.79 Å². The third-order valence-corrected chi connectivity index (χ3v) is 4.36. The van der Waals surface area contributed by atoms with Crippen LogP contribution in [0.3, 0.4) is 0 Å². The molecule has 0 saturated carbocycles. The number of anilines is 1. The van der Waals surface area contributed by atoms with Crippen molar-refractivity contribution in [3.63, 3.8) is 0 Å². The van der Waals surface area contributed by atoms with E-state index in [9.17, 15) is 4.79 Å². The van der Waals surface area contributed by atoms with Gasteiger partial charge < -0.3 is 9.80 Å². The van der Waals surface area contributed by atoms with Crippen LogP contribution in [-0.2, 0) is 6.54 Å². The Bertz CT molecular complexity index is 715. The van der Waals surface area contributed by atoms with Crippen molar-refractivity contribution in [3.8, 4) is 0 Å². The third-order valence-electron chi connectivity index (χ3n) is 4.36. The number of hydrogen-bond donors (Lipinski definition) is 0. The van der Waals surface area contributed by atoms with Gasteiger partial charge in [-0.25, -0.2) is 9.97 Å². The van der Waals surface area contributed by atoms with E-state index in [-0.39, 0.29) is 11.9 Å². The molecule has 0 unspecified atom stereocenters. The molecule has 0 saturated heterocycles. The third kappa shape index (κ3) is 5.28. The van der Waals surface area contributed by atoms with E-state index in [0.717, 1.165) is 30.8 Å². The average Bonchev–Trinajstić information content (AvgIpc) is 2.63. The van der Waals surface area contributed by atoms with Gasteiger partial charge in [0.05, 0.1) is 0 Å². The predicted octanol–water partition coefficient (Wildman–Crippen LogP) is 4.07. The van der Waals surface area contributed by atoms with E-state index in [4.69, 9.17) is 0 Å². The standard InChI is InChI=1S/C21H30N4O/c1-6-7-13-24(5)20-14-19(22-17(4)23-20)21(26)25(16(2)3)15-18-11-9-8-10-12-18/h8-12,14,16H,6-7,13,15H2,1-5H3. The minimum absolute atomic E-state index is 0.0560. The second-order valence-corrected chi connectivity index (χ2v) is 6.95. The van der Waals surface area contributed by atoms with E-state index in [1.807, 2.05) is 69.1 Å². The molecule has 5 nitrogen and oxygen atoms in total. The van der Waals surface area contributed by atoms with Crippen LogP contribution in [0.1, 0.15) is 55.5 Å². The molecule has 5 heteroatoms. The lowest BCUT2D eigenvalue weighted by molar-refractivity contribution is 0.0684. The summed E-state index contributed by atoms with van der Waals surface area (Å²) < 4.78 is 0. The first-order valence-corrected chi connectivity index (χ1v) is 9.34. The SMILES string of the molecule is CCCCN(C)c1cc(C(=O)N(Cc2ccccc2)C(C)C)nc(C)n1. The van der Waals surface area contributed by atoms with Crippen LogP contribution >= 0.6 is 0 Å². The quantitative estimate of drug-likeness (QED) is 0.717. The van der Waals surface area contributed by atoms with Crippen LogP contribution in [0.5, 0.6) is 0 Å². The van der Waals surface area contributed by atoms with Crippen molar-refractivity contribution in [1.82, 2.24) is 14.9 Å². The zero-order valence-electron chi connectivity index (χ0n) is 16.6. The topological polar surface area (TPSA) is 49.3 Å². The molecule has 140 valence electrons. The number of benzene rings is 1. The molecular formula is C21H30N4O. The predicted molar refractivity (Wildman–Crippen MR) is 106 cm³/mol. The van der Waals surface area contributed by atoms with E-state index >= 15 is 0 Å². The van der Waals surface area contributed by atoms with E-state index in [1.54, 1.807) is 0 Å². The lowest BCUT2D eigenvalue weighted by Crippen LogP contribution is -2.37. The van der Waals surface area contributed by atoms with E-state index < -0.39 is 0 Å². The lowest BCUT2D eigenvalue weighted by Gasteiger charge is -2.27. The fourth-order valence-corrected chi connectivity index (χ4v) is 2.78. The number of aromatic nitrogens is 2. The fourth-order valence-electron chi connectivity index (χ4n) is 2.78. The molecule has 0 N–H and O–H groups in total. The van der Waals surface area contributed by atoms with E-state index in [1.165, 1.54) is 0 Å². The van der Waals surface area contributed by atoms with Crippen LogP contribution in [0.2, 0.25) is 0 Å². The Labute approximate surface area is 157 Å². The minimum Gasteiger partial charge on any atom is -0.360 e. The fraction of sp³-hybridized carbons (Fsp3) is 0.476. The number of unbranched alkanes of at least 4 members (excludes halogenated alkanes) is 1. The van der Waals surface area contributed by atoms with Crippen molar-refractivity contribution in [2.45, 2.75) is 53.1 Å². The van der Waals surface area contributed by atoms with Crippen LogP contribution in [0.15, 0.2) is 36.4 Å². The highest BCUT2D eigenvalue weighted by atomic mass is 16.2. The summed E-state index contributed by atoms with van der Waals surface area (Å²) in [5.74, 6) is 1.37. The van der Waals surface area contributed by atoms with Gasteiger partial charge >= 0.3 is 0 Å². The molecule has 1 aromatic carbocycles. The molecule has 0 aliphatic rings. The van der Waals surface area contributed by atoms with Gasteiger partial charge in [0.15, 0.2) is 0 Å².